The molecule has 0 bridgehead atoms. The lowest BCUT2D eigenvalue weighted by molar-refractivity contribution is 0.223. The molecular weight excluding hydrogens is 448 g/mol. The standard InChI is InChI=1S/C22H15BrN4OS/c23-14-9-7-13(8-10-14)21-18-19(15-4-1-2-5-16(15)28-21)26-22-24-12-25-27(22)20(18)17-6-3-11-29-17/h1-12,20-21H,(H,24,25,26)/t20-,21+/m1/s1. The van der Waals surface area contributed by atoms with Crippen molar-refractivity contribution in [1.82, 2.24) is 14.8 Å². The Morgan fingerprint density at radius 3 is 2.72 bits per heavy atom. The number of rotatable bonds is 2. The number of nitrogens with zero attached hydrogens (tertiary/aromatic N) is 3. The highest BCUT2D eigenvalue weighted by Gasteiger charge is 2.41. The Hall–Kier alpha value is -2.90. The molecule has 4 aromatic rings. The molecule has 5 nitrogen and oxygen atoms in total. The summed E-state index contributed by atoms with van der Waals surface area (Å²) in [7, 11) is 0. The summed E-state index contributed by atoms with van der Waals surface area (Å²) in [6.07, 6.45) is 1.37. The number of thiophene rings is 1. The van der Waals surface area contributed by atoms with Crippen LogP contribution in [-0.2, 0) is 0 Å². The van der Waals surface area contributed by atoms with Gasteiger partial charge in [0.2, 0.25) is 5.95 Å². The molecule has 2 atom stereocenters. The second-order valence-corrected chi connectivity index (χ2v) is 8.84. The van der Waals surface area contributed by atoms with Gasteiger partial charge in [-0.3, -0.25) is 0 Å². The smallest absolute Gasteiger partial charge is 0.226 e. The number of fused-ring (bicyclic) bond motifs is 3. The largest absolute Gasteiger partial charge is 0.480 e. The van der Waals surface area contributed by atoms with Crippen LogP contribution < -0.4 is 10.1 Å². The van der Waals surface area contributed by atoms with Crippen LogP contribution in [-0.4, -0.2) is 14.8 Å². The fraction of sp³-hybridized carbons (Fsp3) is 0.0909. The fourth-order valence-corrected chi connectivity index (χ4v) is 5.14. The second-order valence-electron chi connectivity index (χ2n) is 6.95. The van der Waals surface area contributed by atoms with Gasteiger partial charge in [0, 0.05) is 20.5 Å². The number of aromatic nitrogens is 3. The van der Waals surface area contributed by atoms with Crippen LogP contribution in [0.2, 0.25) is 0 Å². The molecule has 6 rings (SSSR count). The number of para-hydroxylation sites is 1. The van der Waals surface area contributed by atoms with Gasteiger partial charge in [-0.2, -0.15) is 10.1 Å². The van der Waals surface area contributed by atoms with Gasteiger partial charge in [-0.1, -0.05) is 46.3 Å². The van der Waals surface area contributed by atoms with Gasteiger partial charge in [-0.05, 0) is 41.3 Å². The molecule has 2 aliphatic rings. The first-order chi connectivity index (χ1) is 14.3. The molecule has 0 radical (unpaired) electrons. The minimum absolute atomic E-state index is 0.0780. The molecule has 0 saturated heterocycles. The lowest BCUT2D eigenvalue weighted by Crippen LogP contribution is -2.32. The summed E-state index contributed by atoms with van der Waals surface area (Å²) in [5.74, 6) is 1.61. The average molecular weight is 463 g/mol. The lowest BCUT2D eigenvalue weighted by Gasteiger charge is -2.38. The third-order valence-electron chi connectivity index (χ3n) is 5.31. The van der Waals surface area contributed by atoms with E-state index in [2.05, 4.69) is 79.2 Å². The van der Waals surface area contributed by atoms with Gasteiger partial charge in [0.05, 0.1) is 5.70 Å². The zero-order valence-corrected chi connectivity index (χ0v) is 17.5. The third-order valence-corrected chi connectivity index (χ3v) is 6.76. The SMILES string of the molecule is Brc1ccc([C@@H]2Oc3ccccc3C3=C2[C@@H](c2cccs2)n2ncnc2N3)cc1. The normalized spacial score (nSPS) is 19.6. The molecule has 0 spiro atoms. The van der Waals surface area contributed by atoms with Crippen molar-refractivity contribution in [3.05, 3.63) is 98.4 Å². The number of nitrogens with one attached hydrogen (secondary N) is 1. The maximum absolute atomic E-state index is 6.58. The number of hydrogen-bond acceptors (Lipinski definition) is 5. The van der Waals surface area contributed by atoms with Crippen LogP contribution in [0.25, 0.3) is 5.70 Å². The zero-order chi connectivity index (χ0) is 19.4. The number of benzene rings is 2. The second kappa shape index (κ2) is 6.57. The topological polar surface area (TPSA) is 52.0 Å². The van der Waals surface area contributed by atoms with Gasteiger partial charge in [0.1, 0.15) is 24.2 Å². The van der Waals surface area contributed by atoms with E-state index in [0.717, 1.165) is 38.6 Å². The van der Waals surface area contributed by atoms with E-state index >= 15 is 0 Å². The van der Waals surface area contributed by atoms with Crippen LogP contribution in [0.4, 0.5) is 5.95 Å². The van der Waals surface area contributed by atoms with Gasteiger partial charge in [0.25, 0.3) is 0 Å². The van der Waals surface area contributed by atoms with Crippen LogP contribution in [0.15, 0.2) is 82.4 Å². The average Bonchev–Trinajstić information content (AvgIpc) is 3.44. The maximum atomic E-state index is 6.58. The maximum Gasteiger partial charge on any atom is 0.226 e. The predicted octanol–water partition coefficient (Wildman–Crippen LogP) is 5.66. The molecule has 142 valence electrons. The first-order valence-electron chi connectivity index (χ1n) is 9.25. The zero-order valence-electron chi connectivity index (χ0n) is 15.1. The molecule has 0 amide bonds. The van der Waals surface area contributed by atoms with Gasteiger partial charge in [-0.15, -0.1) is 11.3 Å². The minimum atomic E-state index is -0.232. The van der Waals surface area contributed by atoms with Crippen molar-refractivity contribution >= 4 is 38.9 Å². The van der Waals surface area contributed by atoms with E-state index < -0.39 is 0 Å². The Kier molecular flexibility index (Phi) is 3.85. The van der Waals surface area contributed by atoms with Crippen LogP contribution >= 0.6 is 27.3 Å². The molecular formula is C22H15BrN4OS. The summed E-state index contributed by atoms with van der Waals surface area (Å²) in [5, 5.41) is 10.2. The van der Waals surface area contributed by atoms with Crippen LogP contribution in [0.1, 0.15) is 28.1 Å². The van der Waals surface area contributed by atoms with Crippen molar-refractivity contribution in [3.8, 4) is 5.75 Å². The molecule has 0 fully saturated rings. The highest BCUT2D eigenvalue weighted by molar-refractivity contribution is 9.10. The highest BCUT2D eigenvalue weighted by Crippen LogP contribution is 2.51. The van der Waals surface area contributed by atoms with E-state index in [1.165, 1.54) is 4.88 Å². The van der Waals surface area contributed by atoms with Gasteiger partial charge in [0.15, 0.2) is 0 Å². The minimum Gasteiger partial charge on any atom is -0.480 e. The number of anilines is 1. The number of ether oxygens (including phenoxy) is 1. The van der Waals surface area contributed by atoms with E-state index in [1.54, 1.807) is 17.7 Å². The van der Waals surface area contributed by atoms with Crippen molar-refractivity contribution < 1.29 is 4.74 Å². The quantitative estimate of drug-likeness (QED) is 0.417. The lowest BCUT2D eigenvalue weighted by atomic mass is 9.87. The summed E-state index contributed by atoms with van der Waals surface area (Å²) >= 11 is 5.26. The molecule has 29 heavy (non-hydrogen) atoms. The third kappa shape index (κ3) is 2.65. The van der Waals surface area contributed by atoms with E-state index in [1.807, 2.05) is 22.9 Å². The van der Waals surface area contributed by atoms with Crippen molar-refractivity contribution in [2.75, 3.05) is 5.32 Å². The molecule has 1 N–H and O–H groups in total. The summed E-state index contributed by atoms with van der Waals surface area (Å²) < 4.78 is 9.57. The molecule has 0 aliphatic carbocycles. The summed E-state index contributed by atoms with van der Waals surface area (Å²) in [5.41, 5.74) is 4.35. The van der Waals surface area contributed by atoms with Crippen molar-refractivity contribution in [2.45, 2.75) is 12.1 Å². The first kappa shape index (κ1) is 17.0. The van der Waals surface area contributed by atoms with Crippen molar-refractivity contribution in [2.24, 2.45) is 0 Å². The summed E-state index contributed by atoms with van der Waals surface area (Å²) in [4.78, 5) is 5.66. The molecule has 0 saturated carbocycles. The van der Waals surface area contributed by atoms with Crippen LogP contribution in [0.5, 0.6) is 5.75 Å². The van der Waals surface area contributed by atoms with E-state index in [0.29, 0.717) is 0 Å². The first-order valence-corrected chi connectivity index (χ1v) is 10.9. The van der Waals surface area contributed by atoms with E-state index in [9.17, 15) is 0 Å². The van der Waals surface area contributed by atoms with Crippen molar-refractivity contribution in [1.29, 1.82) is 0 Å². The molecule has 0 unspecified atom stereocenters. The number of hydrogen-bond donors (Lipinski definition) is 1. The van der Waals surface area contributed by atoms with Crippen molar-refractivity contribution in [3.63, 3.8) is 0 Å². The molecule has 7 heteroatoms. The molecule has 4 heterocycles. The highest BCUT2D eigenvalue weighted by atomic mass is 79.9. The Balaban J connectivity index is 1.63. The monoisotopic (exact) mass is 462 g/mol. The number of halogens is 1. The van der Waals surface area contributed by atoms with Crippen LogP contribution in [0.3, 0.4) is 0 Å². The molecule has 2 aromatic carbocycles. The Bertz CT molecular complexity index is 1230. The van der Waals surface area contributed by atoms with Gasteiger partial charge in [-0.25, -0.2) is 4.68 Å². The Morgan fingerprint density at radius 1 is 1.03 bits per heavy atom. The fourth-order valence-electron chi connectivity index (χ4n) is 4.05. The molecule has 2 aliphatic heterocycles. The Labute approximate surface area is 179 Å². The predicted molar refractivity (Wildman–Crippen MR) is 117 cm³/mol. The van der Waals surface area contributed by atoms with E-state index in [4.69, 9.17) is 4.74 Å². The van der Waals surface area contributed by atoms with Gasteiger partial charge < -0.3 is 10.1 Å². The summed E-state index contributed by atoms with van der Waals surface area (Å²) in [6, 6.07) is 20.6. The summed E-state index contributed by atoms with van der Waals surface area (Å²) in [6.45, 7) is 0. The Morgan fingerprint density at radius 2 is 1.90 bits per heavy atom. The molecule has 2 aromatic heterocycles. The van der Waals surface area contributed by atoms with E-state index in [-0.39, 0.29) is 12.1 Å². The van der Waals surface area contributed by atoms with Crippen LogP contribution in [0, 0.1) is 0 Å². The van der Waals surface area contributed by atoms with Gasteiger partial charge >= 0.3 is 0 Å².